The minimum absolute atomic E-state index is 0.0908. The number of pyridine rings is 1. The van der Waals surface area contributed by atoms with Crippen LogP contribution in [0.25, 0.3) is 105 Å². The van der Waals surface area contributed by atoms with Gasteiger partial charge in [0.2, 0.25) is 0 Å². The third-order valence-corrected chi connectivity index (χ3v) is 13.8. The van der Waals surface area contributed by atoms with Crippen LogP contribution < -0.4 is 0 Å². The fourth-order valence-corrected chi connectivity index (χ4v) is 10.0. The Kier molecular flexibility index (Phi) is 10.3. The third kappa shape index (κ3) is 7.67. The second kappa shape index (κ2) is 16.2. The average molecular weight is 900 g/mol. The molecule has 0 atom stereocenters. The molecule has 8 aromatic carbocycles. The smallest absolute Gasteiger partial charge is 0.149 e. The molecular formula is C64H57N3O2. The van der Waals surface area contributed by atoms with E-state index in [0.717, 1.165) is 105 Å². The van der Waals surface area contributed by atoms with Crippen LogP contribution in [-0.4, -0.2) is 19.6 Å². The van der Waals surface area contributed by atoms with Gasteiger partial charge in [0.05, 0.1) is 33.4 Å². The zero-order valence-corrected chi connectivity index (χ0v) is 40.9. The van der Waals surface area contributed by atoms with Crippen LogP contribution in [-0.2, 0) is 16.2 Å². The molecule has 11 aromatic rings. The molecule has 0 radical (unpaired) electrons. The van der Waals surface area contributed by atoms with Gasteiger partial charge in [0.1, 0.15) is 22.7 Å². The van der Waals surface area contributed by atoms with Crippen LogP contribution in [0.4, 0.5) is 0 Å². The summed E-state index contributed by atoms with van der Waals surface area (Å²) in [5.41, 5.74) is 15.8. The monoisotopic (exact) mass is 899 g/mol. The number of para-hydroxylation sites is 1. The molecule has 0 aliphatic rings. The van der Waals surface area contributed by atoms with Crippen molar-refractivity contribution in [3.05, 3.63) is 193 Å². The Labute approximate surface area is 404 Å². The SMILES string of the molecule is CC(C)(C)c1ccc(-n2c(-c3cc(C(C)(C)C)cc(C(C)(C)C)c3O)nc3c(-c4cc(-c5ccccc5)cc(-c5nccc6oc7ccc8ccccc8c7c56)c4)cccc32)c(-c2ccccc2)c1. The Morgan fingerprint density at radius 3 is 1.86 bits per heavy atom. The first kappa shape index (κ1) is 43.8. The Morgan fingerprint density at radius 1 is 0.478 bits per heavy atom. The molecule has 69 heavy (non-hydrogen) atoms. The second-order valence-corrected chi connectivity index (χ2v) is 21.7. The number of hydrogen-bond acceptors (Lipinski definition) is 4. The van der Waals surface area contributed by atoms with Crippen molar-refractivity contribution >= 4 is 43.7 Å². The Morgan fingerprint density at radius 2 is 1.13 bits per heavy atom. The molecule has 5 nitrogen and oxygen atoms in total. The number of hydrogen-bond donors (Lipinski definition) is 1. The lowest BCUT2D eigenvalue weighted by Crippen LogP contribution is -2.17. The van der Waals surface area contributed by atoms with Gasteiger partial charge in [0, 0.05) is 33.8 Å². The molecule has 1 N–H and O–H groups in total. The van der Waals surface area contributed by atoms with Crippen molar-refractivity contribution in [3.8, 4) is 67.5 Å². The summed E-state index contributed by atoms with van der Waals surface area (Å²) in [4.78, 5) is 10.9. The summed E-state index contributed by atoms with van der Waals surface area (Å²) in [6, 6.07) is 60.3. The van der Waals surface area contributed by atoms with E-state index in [1.165, 1.54) is 5.56 Å². The minimum Gasteiger partial charge on any atom is -0.507 e. The largest absolute Gasteiger partial charge is 0.507 e. The normalized spacial score (nSPS) is 12.5. The van der Waals surface area contributed by atoms with Crippen LogP contribution in [0, 0.1) is 0 Å². The Balaban J connectivity index is 1.24. The molecule has 11 rings (SSSR count). The van der Waals surface area contributed by atoms with E-state index in [9.17, 15) is 5.11 Å². The van der Waals surface area contributed by atoms with E-state index >= 15 is 0 Å². The van der Waals surface area contributed by atoms with E-state index in [4.69, 9.17) is 14.4 Å². The molecule has 0 fully saturated rings. The van der Waals surface area contributed by atoms with Crippen LogP contribution in [0.2, 0.25) is 0 Å². The van der Waals surface area contributed by atoms with Gasteiger partial charge in [-0.05, 0) is 115 Å². The van der Waals surface area contributed by atoms with Gasteiger partial charge in [-0.3, -0.25) is 9.55 Å². The Hall–Kier alpha value is -7.76. The van der Waals surface area contributed by atoms with E-state index in [0.29, 0.717) is 11.4 Å². The van der Waals surface area contributed by atoms with E-state index in [1.54, 1.807) is 0 Å². The summed E-state index contributed by atoms with van der Waals surface area (Å²) in [6.45, 7) is 20.0. The highest BCUT2D eigenvalue weighted by molar-refractivity contribution is 6.22. The molecule has 3 aromatic heterocycles. The first-order valence-corrected chi connectivity index (χ1v) is 24.0. The molecule has 0 spiro atoms. The van der Waals surface area contributed by atoms with Gasteiger partial charge >= 0.3 is 0 Å². The third-order valence-electron chi connectivity index (χ3n) is 13.8. The van der Waals surface area contributed by atoms with Crippen LogP contribution in [0.3, 0.4) is 0 Å². The number of aromatic hydroxyl groups is 1. The summed E-state index contributed by atoms with van der Waals surface area (Å²) in [5.74, 6) is 0.920. The van der Waals surface area contributed by atoms with Gasteiger partial charge in [-0.2, -0.15) is 0 Å². The van der Waals surface area contributed by atoms with Crippen molar-refractivity contribution in [2.75, 3.05) is 0 Å². The number of phenols is 1. The molecule has 0 saturated heterocycles. The molecule has 5 heteroatoms. The first-order valence-electron chi connectivity index (χ1n) is 24.0. The number of benzene rings is 8. The molecule has 0 saturated carbocycles. The standard InChI is InChI=1S/C64H57N3O2/c1-62(2,3)45-28-29-52(49(36-45)40-21-14-11-15-22-40)67-53-26-18-25-48(59(53)66-61(67)50-37-46(63(4,5)6)38-51(60(50)68)64(7,8)9)43-33-42(39-19-12-10-13-20-39)34-44(35-43)58-57-55(31-32-65-58)69-54-30-27-41-23-16-17-24-47(41)56(54)57/h10-38,68H,1-9H3. The van der Waals surface area contributed by atoms with Crippen LogP contribution in [0.5, 0.6) is 5.75 Å². The number of fused-ring (bicyclic) bond motifs is 6. The summed E-state index contributed by atoms with van der Waals surface area (Å²) in [6.07, 6.45) is 1.85. The van der Waals surface area contributed by atoms with Crippen LogP contribution in [0.1, 0.15) is 79.0 Å². The van der Waals surface area contributed by atoms with Crippen molar-refractivity contribution in [1.29, 1.82) is 0 Å². The highest BCUT2D eigenvalue weighted by Crippen LogP contribution is 2.47. The average Bonchev–Trinajstić information content (AvgIpc) is 3.93. The number of phenolic OH excluding ortho intramolecular Hbond substituents is 1. The Bertz CT molecular complexity index is 3780. The maximum absolute atomic E-state index is 12.7. The van der Waals surface area contributed by atoms with E-state index < -0.39 is 0 Å². The van der Waals surface area contributed by atoms with Gasteiger partial charge in [-0.25, -0.2) is 4.98 Å². The number of aromatic nitrogens is 3. The van der Waals surface area contributed by atoms with Crippen molar-refractivity contribution in [3.63, 3.8) is 0 Å². The number of rotatable bonds is 6. The van der Waals surface area contributed by atoms with Gasteiger partial charge in [-0.1, -0.05) is 178 Å². The molecule has 0 unspecified atom stereocenters. The zero-order valence-electron chi connectivity index (χ0n) is 40.9. The molecule has 0 bridgehead atoms. The summed E-state index contributed by atoms with van der Waals surface area (Å²) in [5, 5.41) is 17.0. The van der Waals surface area contributed by atoms with Gasteiger partial charge in [0.25, 0.3) is 0 Å². The second-order valence-electron chi connectivity index (χ2n) is 21.7. The lowest BCUT2D eigenvalue weighted by atomic mass is 9.79. The lowest BCUT2D eigenvalue weighted by molar-refractivity contribution is 0.446. The maximum Gasteiger partial charge on any atom is 0.149 e. The molecule has 3 heterocycles. The topological polar surface area (TPSA) is 64.1 Å². The zero-order chi connectivity index (χ0) is 48.0. The van der Waals surface area contributed by atoms with E-state index in [2.05, 4.69) is 231 Å². The van der Waals surface area contributed by atoms with Crippen molar-refractivity contribution in [2.45, 2.75) is 78.6 Å². The number of imidazole rings is 1. The van der Waals surface area contributed by atoms with Crippen LogP contribution >= 0.6 is 0 Å². The van der Waals surface area contributed by atoms with Gasteiger partial charge in [-0.15, -0.1) is 0 Å². The van der Waals surface area contributed by atoms with Crippen molar-refractivity contribution in [2.24, 2.45) is 0 Å². The molecule has 0 aliphatic carbocycles. The lowest BCUT2D eigenvalue weighted by Gasteiger charge is -2.28. The molecule has 0 amide bonds. The molecule has 340 valence electrons. The van der Waals surface area contributed by atoms with Crippen LogP contribution in [0.15, 0.2) is 180 Å². The minimum atomic E-state index is -0.344. The summed E-state index contributed by atoms with van der Waals surface area (Å²) in [7, 11) is 0. The van der Waals surface area contributed by atoms with E-state index in [-0.39, 0.29) is 22.0 Å². The highest BCUT2D eigenvalue weighted by Gasteiger charge is 2.30. The first-order chi connectivity index (χ1) is 33.0. The fourth-order valence-electron chi connectivity index (χ4n) is 10.0. The maximum atomic E-state index is 12.7. The number of furan rings is 1. The number of nitrogens with zero attached hydrogens (tertiary/aromatic N) is 3. The quantitative estimate of drug-likeness (QED) is 0.181. The molecule has 0 aliphatic heterocycles. The summed E-state index contributed by atoms with van der Waals surface area (Å²) < 4.78 is 8.86. The van der Waals surface area contributed by atoms with Gasteiger partial charge in [0.15, 0.2) is 0 Å². The molecular weight excluding hydrogens is 843 g/mol. The fraction of sp³-hybridized carbons (Fsp3) is 0.188. The van der Waals surface area contributed by atoms with E-state index in [1.807, 2.05) is 12.3 Å². The highest BCUT2D eigenvalue weighted by atomic mass is 16.3. The predicted octanol–water partition coefficient (Wildman–Crippen LogP) is 17.4. The van der Waals surface area contributed by atoms with Crippen molar-refractivity contribution < 1.29 is 9.52 Å². The van der Waals surface area contributed by atoms with Crippen molar-refractivity contribution in [1.82, 2.24) is 14.5 Å². The predicted molar refractivity (Wildman–Crippen MR) is 289 cm³/mol. The summed E-state index contributed by atoms with van der Waals surface area (Å²) >= 11 is 0. The van der Waals surface area contributed by atoms with Gasteiger partial charge < -0.3 is 9.52 Å².